The Morgan fingerprint density at radius 1 is 1.16 bits per heavy atom. The third kappa shape index (κ3) is 6.94. The van der Waals surface area contributed by atoms with Crippen molar-refractivity contribution in [1.29, 1.82) is 0 Å². The van der Waals surface area contributed by atoms with Crippen LogP contribution in [-0.2, 0) is 20.7 Å². The monoisotopic (exact) mass is 350 g/mol. The minimum atomic E-state index is -0.175. The highest BCUT2D eigenvalue weighted by atomic mass is 16.5. The number of rotatable bonds is 10. The molecule has 5 heteroatoms. The molecular formula is C20H30O5. The van der Waals surface area contributed by atoms with E-state index in [9.17, 15) is 4.79 Å². The van der Waals surface area contributed by atoms with Gasteiger partial charge in [-0.1, -0.05) is 12.5 Å². The first-order valence-electron chi connectivity index (χ1n) is 9.30. The largest absolute Gasteiger partial charge is 0.491 e. The van der Waals surface area contributed by atoms with Crippen molar-refractivity contribution in [1.82, 2.24) is 0 Å². The number of ether oxygens (including phenoxy) is 4. The fourth-order valence-corrected chi connectivity index (χ4v) is 3.02. The van der Waals surface area contributed by atoms with E-state index in [1.807, 2.05) is 25.1 Å². The van der Waals surface area contributed by atoms with Gasteiger partial charge >= 0.3 is 5.97 Å². The molecule has 0 N–H and O–H groups in total. The van der Waals surface area contributed by atoms with E-state index in [1.165, 1.54) is 19.3 Å². The molecule has 25 heavy (non-hydrogen) atoms. The Bertz CT molecular complexity index is 523. The van der Waals surface area contributed by atoms with Crippen LogP contribution in [0.5, 0.6) is 11.5 Å². The quantitative estimate of drug-likeness (QED) is 0.473. The smallest absolute Gasteiger partial charge is 0.306 e. The number of hydrogen-bond acceptors (Lipinski definition) is 5. The average molecular weight is 350 g/mol. The van der Waals surface area contributed by atoms with Crippen molar-refractivity contribution < 1.29 is 23.7 Å². The summed E-state index contributed by atoms with van der Waals surface area (Å²) >= 11 is 0. The Hall–Kier alpha value is -1.75. The molecule has 0 amide bonds. The van der Waals surface area contributed by atoms with Gasteiger partial charge in [0.15, 0.2) is 0 Å². The lowest BCUT2D eigenvalue weighted by Crippen LogP contribution is -2.20. The number of esters is 1. The van der Waals surface area contributed by atoms with Gasteiger partial charge in [-0.05, 0) is 50.7 Å². The number of carbonyl (C=O) groups is 1. The maximum atomic E-state index is 11.7. The predicted molar refractivity (Wildman–Crippen MR) is 96.3 cm³/mol. The van der Waals surface area contributed by atoms with Gasteiger partial charge in [-0.3, -0.25) is 4.79 Å². The van der Waals surface area contributed by atoms with Gasteiger partial charge in [-0.15, -0.1) is 0 Å². The van der Waals surface area contributed by atoms with E-state index in [1.54, 1.807) is 7.11 Å². The molecular weight excluding hydrogens is 320 g/mol. The molecule has 1 aliphatic carbocycles. The number of benzene rings is 1. The van der Waals surface area contributed by atoms with Crippen LogP contribution in [0.3, 0.4) is 0 Å². The van der Waals surface area contributed by atoms with Crippen molar-refractivity contribution in [2.45, 2.75) is 58.0 Å². The number of hydrogen-bond donors (Lipinski definition) is 0. The van der Waals surface area contributed by atoms with E-state index in [0.29, 0.717) is 32.7 Å². The van der Waals surface area contributed by atoms with Crippen LogP contribution < -0.4 is 9.47 Å². The van der Waals surface area contributed by atoms with Crippen molar-refractivity contribution in [3.8, 4) is 11.5 Å². The number of methoxy groups -OCH3 is 1. The molecule has 1 aromatic rings. The first-order chi connectivity index (χ1) is 12.2. The summed E-state index contributed by atoms with van der Waals surface area (Å²) in [5, 5.41) is 0. The van der Waals surface area contributed by atoms with Gasteiger partial charge in [0.25, 0.3) is 0 Å². The van der Waals surface area contributed by atoms with Crippen LogP contribution in [-0.4, -0.2) is 39.0 Å². The van der Waals surface area contributed by atoms with Crippen molar-refractivity contribution in [2.75, 3.05) is 26.9 Å². The first-order valence-corrected chi connectivity index (χ1v) is 9.30. The Labute approximate surface area is 150 Å². The summed E-state index contributed by atoms with van der Waals surface area (Å²) in [6.45, 7) is 3.28. The summed E-state index contributed by atoms with van der Waals surface area (Å²) in [5.74, 6) is 1.42. The molecule has 1 aliphatic rings. The lowest BCUT2D eigenvalue weighted by molar-refractivity contribution is -0.143. The highest BCUT2D eigenvalue weighted by Crippen LogP contribution is 2.30. The summed E-state index contributed by atoms with van der Waals surface area (Å²) in [7, 11) is 1.65. The molecule has 5 nitrogen and oxygen atoms in total. The zero-order valence-electron chi connectivity index (χ0n) is 15.4. The van der Waals surface area contributed by atoms with Crippen LogP contribution in [0.15, 0.2) is 18.2 Å². The van der Waals surface area contributed by atoms with Crippen LogP contribution in [0.2, 0.25) is 0 Å². The van der Waals surface area contributed by atoms with Gasteiger partial charge in [-0.2, -0.15) is 0 Å². The zero-order valence-corrected chi connectivity index (χ0v) is 15.4. The van der Waals surface area contributed by atoms with Crippen LogP contribution in [0.25, 0.3) is 0 Å². The second kappa shape index (κ2) is 11.0. The van der Waals surface area contributed by atoms with E-state index < -0.39 is 0 Å². The molecule has 0 unspecified atom stereocenters. The second-order valence-corrected chi connectivity index (χ2v) is 6.29. The predicted octanol–water partition coefficient (Wildman–Crippen LogP) is 3.92. The van der Waals surface area contributed by atoms with Gasteiger partial charge in [0, 0.05) is 19.6 Å². The minimum Gasteiger partial charge on any atom is -0.491 e. The molecule has 0 saturated heterocycles. The zero-order chi connectivity index (χ0) is 17.9. The molecule has 1 fully saturated rings. The molecule has 2 rings (SSSR count). The SMILES string of the molecule is CCOC(=O)CCc1ccc(OCCOC)cc1OC1CCCCC1. The topological polar surface area (TPSA) is 54.0 Å². The fourth-order valence-electron chi connectivity index (χ4n) is 3.02. The van der Waals surface area contributed by atoms with Crippen LogP contribution in [0.4, 0.5) is 0 Å². The summed E-state index contributed by atoms with van der Waals surface area (Å²) in [4.78, 5) is 11.7. The second-order valence-electron chi connectivity index (χ2n) is 6.29. The summed E-state index contributed by atoms with van der Waals surface area (Å²) < 4.78 is 22.0. The number of aryl methyl sites for hydroxylation is 1. The van der Waals surface area contributed by atoms with E-state index in [4.69, 9.17) is 18.9 Å². The van der Waals surface area contributed by atoms with E-state index in [0.717, 1.165) is 29.9 Å². The standard InChI is InChI=1S/C20H30O5/c1-3-23-20(21)12-10-16-9-11-18(24-14-13-22-2)15-19(16)25-17-7-5-4-6-8-17/h9,11,15,17H,3-8,10,12-14H2,1-2H3. The normalized spacial score (nSPS) is 15.0. The lowest BCUT2D eigenvalue weighted by Gasteiger charge is -2.24. The van der Waals surface area contributed by atoms with Crippen molar-refractivity contribution in [2.24, 2.45) is 0 Å². The van der Waals surface area contributed by atoms with Gasteiger partial charge < -0.3 is 18.9 Å². The van der Waals surface area contributed by atoms with E-state index in [2.05, 4.69) is 0 Å². The van der Waals surface area contributed by atoms with Crippen LogP contribution in [0, 0.1) is 0 Å². The van der Waals surface area contributed by atoms with Crippen molar-refractivity contribution >= 4 is 5.97 Å². The van der Waals surface area contributed by atoms with Crippen LogP contribution >= 0.6 is 0 Å². The third-order valence-corrected chi connectivity index (χ3v) is 4.34. The summed E-state index contributed by atoms with van der Waals surface area (Å²) in [5.41, 5.74) is 1.03. The molecule has 0 spiro atoms. The highest BCUT2D eigenvalue weighted by molar-refractivity contribution is 5.69. The molecule has 0 atom stereocenters. The van der Waals surface area contributed by atoms with Gasteiger partial charge in [0.05, 0.1) is 19.3 Å². The average Bonchev–Trinajstić information content (AvgIpc) is 2.62. The maximum absolute atomic E-state index is 11.7. The van der Waals surface area contributed by atoms with Crippen molar-refractivity contribution in [3.05, 3.63) is 23.8 Å². The highest BCUT2D eigenvalue weighted by Gasteiger charge is 2.17. The Morgan fingerprint density at radius 3 is 2.68 bits per heavy atom. The molecule has 0 radical (unpaired) electrons. The van der Waals surface area contributed by atoms with Gasteiger partial charge in [0.1, 0.15) is 18.1 Å². The minimum absolute atomic E-state index is 0.175. The lowest BCUT2D eigenvalue weighted by atomic mass is 9.97. The molecule has 140 valence electrons. The third-order valence-electron chi connectivity index (χ3n) is 4.34. The number of carbonyl (C=O) groups excluding carboxylic acids is 1. The fraction of sp³-hybridized carbons (Fsp3) is 0.650. The van der Waals surface area contributed by atoms with Gasteiger partial charge in [-0.25, -0.2) is 0 Å². The molecule has 1 saturated carbocycles. The maximum Gasteiger partial charge on any atom is 0.306 e. The summed E-state index contributed by atoms with van der Waals surface area (Å²) in [6.07, 6.45) is 7.12. The Kier molecular flexibility index (Phi) is 8.60. The molecule has 0 aromatic heterocycles. The Balaban J connectivity index is 2.04. The summed E-state index contributed by atoms with van der Waals surface area (Å²) in [6, 6.07) is 5.84. The molecule has 0 aliphatic heterocycles. The first kappa shape index (κ1) is 19.6. The Morgan fingerprint density at radius 2 is 1.96 bits per heavy atom. The molecule has 0 heterocycles. The van der Waals surface area contributed by atoms with Crippen molar-refractivity contribution in [3.63, 3.8) is 0 Å². The van der Waals surface area contributed by atoms with Gasteiger partial charge in [0.2, 0.25) is 0 Å². The van der Waals surface area contributed by atoms with Crippen LogP contribution in [0.1, 0.15) is 51.0 Å². The molecule has 1 aromatic carbocycles. The molecule has 0 bridgehead atoms. The van der Waals surface area contributed by atoms with E-state index in [-0.39, 0.29) is 12.1 Å². The van der Waals surface area contributed by atoms with E-state index >= 15 is 0 Å².